The van der Waals surface area contributed by atoms with Crippen LogP contribution in [0.15, 0.2) is 0 Å². The molecule has 0 aliphatic carbocycles. The van der Waals surface area contributed by atoms with Gasteiger partial charge in [0, 0.05) is 27.2 Å². The molecule has 1 heterocycles. The summed E-state index contributed by atoms with van der Waals surface area (Å²) >= 11 is 0. The molecule has 0 unspecified atom stereocenters. The van der Waals surface area contributed by atoms with Crippen molar-refractivity contribution in [1.82, 2.24) is 9.80 Å². The number of amides is 1. The first-order chi connectivity index (χ1) is 8.76. The Kier molecular flexibility index (Phi) is 8.21. The largest absolute Gasteiger partial charge is 0.444 e. The van der Waals surface area contributed by atoms with Crippen LogP contribution in [0.25, 0.3) is 0 Å². The molecule has 0 aromatic rings. The number of nitrogens with zero attached hydrogens (tertiary/aromatic N) is 2. The first kappa shape index (κ1) is 17.8. The SMILES string of the molecule is C#CCN1CCOCC1.CN(C)C(=O)OC(C)(C)C. The molecule has 5 heteroatoms. The number of ether oxygens (including phenoxy) is 2. The van der Waals surface area contributed by atoms with E-state index in [1.165, 1.54) is 4.90 Å². The van der Waals surface area contributed by atoms with Gasteiger partial charge in [-0.05, 0) is 20.8 Å². The Morgan fingerprint density at radius 3 is 2.21 bits per heavy atom. The average Bonchev–Trinajstić information content (AvgIpc) is 2.29. The fourth-order valence-corrected chi connectivity index (χ4v) is 1.24. The van der Waals surface area contributed by atoms with Crippen molar-refractivity contribution in [2.45, 2.75) is 26.4 Å². The van der Waals surface area contributed by atoms with Gasteiger partial charge in [0.2, 0.25) is 0 Å². The highest BCUT2D eigenvalue weighted by Crippen LogP contribution is 2.07. The molecule has 0 spiro atoms. The molecule has 1 rings (SSSR count). The maximum absolute atomic E-state index is 10.9. The fourth-order valence-electron chi connectivity index (χ4n) is 1.24. The lowest BCUT2D eigenvalue weighted by atomic mass is 10.2. The highest BCUT2D eigenvalue weighted by Gasteiger charge is 2.16. The Labute approximate surface area is 116 Å². The van der Waals surface area contributed by atoms with Gasteiger partial charge in [0.05, 0.1) is 19.8 Å². The first-order valence-electron chi connectivity index (χ1n) is 6.40. The Morgan fingerprint density at radius 2 is 1.89 bits per heavy atom. The highest BCUT2D eigenvalue weighted by atomic mass is 16.6. The van der Waals surface area contributed by atoms with Crippen molar-refractivity contribution in [3.05, 3.63) is 0 Å². The number of hydrogen-bond donors (Lipinski definition) is 0. The second-order valence-corrected chi connectivity index (χ2v) is 5.47. The van der Waals surface area contributed by atoms with E-state index in [1.54, 1.807) is 14.1 Å². The van der Waals surface area contributed by atoms with Crippen LogP contribution >= 0.6 is 0 Å². The number of rotatable bonds is 1. The third-order valence-corrected chi connectivity index (χ3v) is 2.18. The molecule has 5 nitrogen and oxygen atoms in total. The molecular formula is C14H26N2O3. The smallest absolute Gasteiger partial charge is 0.409 e. The molecule has 1 aliphatic heterocycles. The van der Waals surface area contributed by atoms with Crippen LogP contribution < -0.4 is 0 Å². The van der Waals surface area contributed by atoms with Gasteiger partial charge in [-0.15, -0.1) is 6.42 Å². The maximum Gasteiger partial charge on any atom is 0.409 e. The van der Waals surface area contributed by atoms with E-state index in [1.807, 2.05) is 20.8 Å². The fraction of sp³-hybridized carbons (Fsp3) is 0.786. The molecule has 0 aromatic heterocycles. The summed E-state index contributed by atoms with van der Waals surface area (Å²) in [5, 5.41) is 0. The van der Waals surface area contributed by atoms with Gasteiger partial charge in [0.1, 0.15) is 5.60 Å². The zero-order chi connectivity index (χ0) is 14.9. The summed E-state index contributed by atoms with van der Waals surface area (Å²) < 4.78 is 10.1. The number of carbonyl (C=O) groups is 1. The predicted octanol–water partition coefficient (Wildman–Crippen LogP) is 1.43. The van der Waals surface area contributed by atoms with Gasteiger partial charge in [-0.25, -0.2) is 4.79 Å². The van der Waals surface area contributed by atoms with Gasteiger partial charge in [-0.3, -0.25) is 4.90 Å². The molecule has 110 valence electrons. The molecule has 19 heavy (non-hydrogen) atoms. The normalized spacial score (nSPS) is 15.8. The Bertz CT molecular complexity index is 297. The van der Waals surface area contributed by atoms with Crippen LogP contribution in [0.1, 0.15) is 20.8 Å². The minimum atomic E-state index is -0.388. The van der Waals surface area contributed by atoms with Gasteiger partial charge in [0.15, 0.2) is 0 Å². The lowest BCUT2D eigenvalue weighted by Crippen LogP contribution is -2.36. The van der Waals surface area contributed by atoms with Gasteiger partial charge in [-0.1, -0.05) is 5.92 Å². The topological polar surface area (TPSA) is 42.0 Å². The molecule has 1 fully saturated rings. The van der Waals surface area contributed by atoms with Crippen LogP contribution in [0.5, 0.6) is 0 Å². The maximum atomic E-state index is 10.9. The van der Waals surface area contributed by atoms with Crippen LogP contribution in [0.3, 0.4) is 0 Å². The van der Waals surface area contributed by atoms with Crippen molar-refractivity contribution in [2.75, 3.05) is 46.9 Å². The van der Waals surface area contributed by atoms with Crippen LogP contribution in [-0.4, -0.2) is 68.4 Å². The molecule has 1 amide bonds. The van der Waals surface area contributed by atoms with Crippen LogP contribution in [-0.2, 0) is 9.47 Å². The molecular weight excluding hydrogens is 244 g/mol. The van der Waals surface area contributed by atoms with Crippen molar-refractivity contribution in [1.29, 1.82) is 0 Å². The summed E-state index contributed by atoms with van der Waals surface area (Å²) in [6.07, 6.45) is 4.83. The lowest BCUT2D eigenvalue weighted by Gasteiger charge is -2.23. The second-order valence-electron chi connectivity index (χ2n) is 5.47. The number of hydrogen-bond acceptors (Lipinski definition) is 4. The average molecular weight is 270 g/mol. The van der Waals surface area contributed by atoms with E-state index in [0.717, 1.165) is 32.8 Å². The van der Waals surface area contributed by atoms with E-state index in [-0.39, 0.29) is 11.7 Å². The molecule has 0 N–H and O–H groups in total. The molecule has 0 aromatic carbocycles. The molecule has 0 bridgehead atoms. The lowest BCUT2D eigenvalue weighted by molar-refractivity contribution is 0.0341. The van der Waals surface area contributed by atoms with Crippen molar-refractivity contribution in [3.8, 4) is 12.3 Å². The van der Waals surface area contributed by atoms with Crippen molar-refractivity contribution in [2.24, 2.45) is 0 Å². The van der Waals surface area contributed by atoms with E-state index >= 15 is 0 Å². The van der Waals surface area contributed by atoms with Gasteiger partial charge < -0.3 is 14.4 Å². The Morgan fingerprint density at radius 1 is 1.37 bits per heavy atom. The standard InChI is InChI=1S/C7H15NO2.C7H11NO/c1-7(2,3)10-6(9)8(4)5;1-2-3-8-4-6-9-7-5-8/h1-5H3;1H,3-7H2. The summed E-state index contributed by atoms with van der Waals surface area (Å²) in [5.41, 5.74) is -0.388. The van der Waals surface area contributed by atoms with Gasteiger partial charge in [-0.2, -0.15) is 0 Å². The quantitative estimate of drug-likeness (QED) is 0.676. The van der Waals surface area contributed by atoms with E-state index in [0.29, 0.717) is 0 Å². The first-order valence-corrected chi connectivity index (χ1v) is 6.40. The van der Waals surface area contributed by atoms with E-state index in [9.17, 15) is 4.79 Å². The molecule has 1 saturated heterocycles. The molecule has 0 atom stereocenters. The number of carbonyl (C=O) groups excluding carboxylic acids is 1. The molecule has 0 saturated carbocycles. The number of morpholine rings is 1. The van der Waals surface area contributed by atoms with Crippen LogP contribution in [0, 0.1) is 12.3 Å². The van der Waals surface area contributed by atoms with Crippen LogP contribution in [0.2, 0.25) is 0 Å². The van der Waals surface area contributed by atoms with Gasteiger partial charge >= 0.3 is 6.09 Å². The summed E-state index contributed by atoms with van der Waals surface area (Å²) in [6.45, 7) is 9.94. The second kappa shape index (κ2) is 8.78. The van der Waals surface area contributed by atoms with Crippen molar-refractivity contribution < 1.29 is 14.3 Å². The third kappa shape index (κ3) is 10.4. The number of terminal acetylenes is 1. The third-order valence-electron chi connectivity index (χ3n) is 2.18. The molecule has 0 radical (unpaired) electrons. The minimum absolute atomic E-state index is 0.299. The summed E-state index contributed by atoms with van der Waals surface area (Å²) in [4.78, 5) is 14.5. The van der Waals surface area contributed by atoms with Crippen molar-refractivity contribution in [3.63, 3.8) is 0 Å². The summed E-state index contributed by atoms with van der Waals surface area (Å²) in [5.74, 6) is 2.61. The summed E-state index contributed by atoms with van der Waals surface area (Å²) in [6, 6.07) is 0. The summed E-state index contributed by atoms with van der Waals surface area (Å²) in [7, 11) is 3.32. The predicted molar refractivity (Wildman–Crippen MR) is 76.0 cm³/mol. The van der Waals surface area contributed by atoms with E-state index < -0.39 is 0 Å². The molecule has 1 aliphatic rings. The van der Waals surface area contributed by atoms with Crippen LogP contribution in [0.4, 0.5) is 4.79 Å². The highest BCUT2D eigenvalue weighted by molar-refractivity contribution is 5.67. The zero-order valence-corrected chi connectivity index (χ0v) is 12.7. The minimum Gasteiger partial charge on any atom is -0.444 e. The monoisotopic (exact) mass is 270 g/mol. The Balaban J connectivity index is 0.000000342. The van der Waals surface area contributed by atoms with E-state index in [4.69, 9.17) is 15.9 Å². The van der Waals surface area contributed by atoms with Gasteiger partial charge in [0.25, 0.3) is 0 Å². The van der Waals surface area contributed by atoms with E-state index in [2.05, 4.69) is 10.8 Å². The van der Waals surface area contributed by atoms with Crippen molar-refractivity contribution >= 4 is 6.09 Å². The zero-order valence-electron chi connectivity index (χ0n) is 12.7. The Hall–Kier alpha value is -1.25.